The van der Waals surface area contributed by atoms with Crippen molar-refractivity contribution in [1.29, 1.82) is 0 Å². The summed E-state index contributed by atoms with van der Waals surface area (Å²) in [5.41, 5.74) is 2.25. The highest BCUT2D eigenvalue weighted by atomic mass is 28.4. The number of benzene rings is 4. The molecule has 3 aliphatic rings. The molecule has 53 heavy (non-hydrogen) atoms. The zero-order chi connectivity index (χ0) is 37.7. The summed E-state index contributed by atoms with van der Waals surface area (Å²) in [6.45, 7) is 5.48. The number of carbonyl (C=O) groups excluding carboxylic acids is 3. The zero-order valence-electron chi connectivity index (χ0n) is 29.8. The van der Waals surface area contributed by atoms with Crippen molar-refractivity contribution in [2.24, 2.45) is 5.92 Å². The topological polar surface area (TPSA) is 154 Å². The van der Waals surface area contributed by atoms with Crippen molar-refractivity contribution in [3.63, 3.8) is 0 Å². The van der Waals surface area contributed by atoms with Crippen molar-refractivity contribution in [1.82, 2.24) is 4.90 Å². The predicted octanol–water partition coefficient (Wildman–Crippen LogP) is 5.57. The van der Waals surface area contributed by atoms with Crippen molar-refractivity contribution < 1.29 is 33.9 Å². The van der Waals surface area contributed by atoms with E-state index in [4.69, 9.17) is 4.74 Å². The van der Waals surface area contributed by atoms with Gasteiger partial charge in [-0.15, -0.1) is 0 Å². The second-order valence-corrected chi connectivity index (χ2v) is 18.7. The smallest absolute Gasteiger partial charge is 0.269 e. The summed E-state index contributed by atoms with van der Waals surface area (Å²) < 4.78 is 6.84. The molecule has 0 unspecified atom stereocenters. The maximum absolute atomic E-state index is 15.0. The Morgan fingerprint density at radius 1 is 1.02 bits per heavy atom. The number of hydrogen-bond donors (Lipinski definition) is 2. The minimum absolute atomic E-state index is 0.0659. The lowest BCUT2D eigenvalue weighted by Crippen LogP contribution is -2.48. The third-order valence-corrected chi connectivity index (χ3v) is 13.6. The average Bonchev–Trinajstić information content (AvgIpc) is 3.57. The maximum Gasteiger partial charge on any atom is 0.269 e. The van der Waals surface area contributed by atoms with Gasteiger partial charge in [0.15, 0.2) is 13.9 Å². The molecule has 3 heterocycles. The van der Waals surface area contributed by atoms with E-state index in [0.717, 1.165) is 17.5 Å². The third kappa shape index (κ3) is 6.33. The quantitative estimate of drug-likeness (QED) is 0.0929. The van der Waals surface area contributed by atoms with Gasteiger partial charge in [0.2, 0.25) is 12.3 Å². The van der Waals surface area contributed by atoms with Crippen LogP contribution in [0.3, 0.4) is 0 Å². The minimum Gasteiger partial charge on any atom is -0.432 e. The molecule has 13 heteroatoms. The summed E-state index contributed by atoms with van der Waals surface area (Å²) in [5, 5.41) is 22.4. The summed E-state index contributed by atoms with van der Waals surface area (Å²) in [6, 6.07) is 28.0. The molecule has 4 aromatic rings. The molecular weight excluding hydrogens is 693 g/mol. The summed E-state index contributed by atoms with van der Waals surface area (Å²) in [6.07, 6.45) is 0.190. The van der Waals surface area contributed by atoms with E-state index in [1.165, 1.54) is 17.0 Å². The zero-order valence-corrected chi connectivity index (χ0v) is 30.8. The van der Waals surface area contributed by atoms with Crippen LogP contribution >= 0.6 is 0 Å². The lowest BCUT2D eigenvalue weighted by atomic mass is 9.82. The van der Waals surface area contributed by atoms with Gasteiger partial charge in [-0.25, -0.2) is 0 Å². The molecule has 5 atom stereocenters. The van der Waals surface area contributed by atoms with Crippen LogP contribution in [0.4, 0.5) is 22.7 Å². The number of aliphatic hydroxyl groups is 1. The Bertz CT molecular complexity index is 2070. The molecule has 3 amide bonds. The molecule has 4 aromatic carbocycles. The first-order valence-corrected chi connectivity index (χ1v) is 20.8. The van der Waals surface area contributed by atoms with Crippen LogP contribution in [0.15, 0.2) is 97.1 Å². The minimum atomic E-state index is -3.17. The Balaban J connectivity index is 1.25. The number of hydrogen-bond acceptors (Lipinski definition) is 8. The highest BCUT2D eigenvalue weighted by Gasteiger charge is 2.66. The Kier molecular flexibility index (Phi) is 9.53. The van der Waals surface area contributed by atoms with Crippen LogP contribution in [0, 0.1) is 16.0 Å². The first-order valence-electron chi connectivity index (χ1n) is 17.7. The molecule has 3 aliphatic heterocycles. The molecule has 1 saturated heterocycles. The van der Waals surface area contributed by atoms with Gasteiger partial charge in [0.05, 0.1) is 42.3 Å². The van der Waals surface area contributed by atoms with E-state index in [2.05, 4.69) is 0 Å². The average molecular weight is 735 g/mol. The van der Waals surface area contributed by atoms with E-state index in [1.54, 1.807) is 41.1 Å². The fourth-order valence-electron chi connectivity index (χ4n) is 8.71. The highest BCUT2D eigenvalue weighted by Crippen LogP contribution is 2.60. The maximum atomic E-state index is 15.0. The van der Waals surface area contributed by atoms with Gasteiger partial charge in [-0.2, -0.15) is 0 Å². The molecule has 7 rings (SSSR count). The molecular formula is C40H42N4O8Si. The first kappa shape index (κ1) is 36.2. The molecule has 0 radical (unpaired) electrons. The van der Waals surface area contributed by atoms with Gasteiger partial charge < -0.3 is 24.4 Å². The number of non-ortho nitro benzene ring substituents is 1. The van der Waals surface area contributed by atoms with Crippen molar-refractivity contribution in [3.8, 4) is 0 Å². The van der Waals surface area contributed by atoms with Crippen LogP contribution in [0.5, 0.6) is 0 Å². The van der Waals surface area contributed by atoms with Crippen molar-refractivity contribution in [3.05, 3.63) is 129 Å². The largest absolute Gasteiger partial charge is 0.432 e. The summed E-state index contributed by atoms with van der Waals surface area (Å²) >= 11 is 0. The van der Waals surface area contributed by atoms with Crippen molar-refractivity contribution in [2.45, 2.75) is 69.2 Å². The van der Waals surface area contributed by atoms with E-state index in [9.17, 15) is 34.4 Å². The van der Waals surface area contributed by atoms with Gasteiger partial charge >= 0.3 is 0 Å². The second-order valence-electron chi connectivity index (χ2n) is 14.7. The van der Waals surface area contributed by atoms with Crippen LogP contribution in [0.1, 0.15) is 35.6 Å². The van der Waals surface area contributed by atoms with Gasteiger partial charge in [-0.05, 0) is 66.5 Å². The van der Waals surface area contributed by atoms with E-state index >= 15 is 0 Å². The van der Waals surface area contributed by atoms with Crippen molar-refractivity contribution >= 4 is 49.3 Å². The Morgan fingerprint density at radius 2 is 1.72 bits per heavy atom. The number of nitro benzene ring substituents is 1. The number of fused-ring (bicyclic) bond motifs is 3. The number of para-hydroxylation sites is 1. The van der Waals surface area contributed by atoms with Crippen LogP contribution < -0.4 is 9.80 Å². The monoisotopic (exact) mass is 734 g/mol. The molecule has 0 aromatic heterocycles. The first-order chi connectivity index (χ1) is 25.4. The van der Waals surface area contributed by atoms with Crippen LogP contribution in [0.25, 0.3) is 0 Å². The number of amides is 3. The summed E-state index contributed by atoms with van der Waals surface area (Å²) in [5.74, 6) is -1.37. The normalized spacial score (nSPS) is 23.5. The summed E-state index contributed by atoms with van der Waals surface area (Å²) in [4.78, 5) is 69.4. The number of aliphatic hydroxyl groups excluding tert-OH is 1. The van der Waals surface area contributed by atoms with Crippen molar-refractivity contribution in [2.75, 3.05) is 16.4 Å². The van der Waals surface area contributed by atoms with Gasteiger partial charge in [-0.1, -0.05) is 61.5 Å². The fraction of sp³-hybridized carbons (Fsp3) is 0.325. The number of nitro groups is 1. The SMILES string of the molecule is C[C@@H]1[C@@H]([Si](C)(C)O)[C@H](CC(=O)N2Cc3ccccc3C[C@H]2CO)O[C@@]12C(=O)N(Cc1cccc(N(C=O)c3ccccc3)c1)c1ccc([N+](=O)[O-])cc12. The molecule has 0 aliphatic carbocycles. The van der Waals surface area contributed by atoms with Crippen LogP contribution in [0.2, 0.25) is 18.6 Å². The molecule has 1 fully saturated rings. The summed E-state index contributed by atoms with van der Waals surface area (Å²) in [7, 11) is -3.17. The number of rotatable bonds is 10. The van der Waals surface area contributed by atoms with E-state index < -0.39 is 48.4 Å². The number of nitrogens with zero attached hydrogens (tertiary/aromatic N) is 4. The molecule has 0 saturated carbocycles. The van der Waals surface area contributed by atoms with E-state index in [0.29, 0.717) is 41.2 Å². The fourth-order valence-corrected chi connectivity index (χ4v) is 11.3. The van der Waals surface area contributed by atoms with E-state index in [-0.39, 0.29) is 31.2 Å². The number of ether oxygens (including phenoxy) is 1. The highest BCUT2D eigenvalue weighted by molar-refractivity contribution is 6.71. The van der Waals surface area contributed by atoms with Gasteiger partial charge in [0, 0.05) is 47.1 Å². The second kappa shape index (κ2) is 14.0. The van der Waals surface area contributed by atoms with Crippen LogP contribution in [-0.2, 0) is 44.2 Å². The molecule has 1 spiro atoms. The third-order valence-electron chi connectivity index (χ3n) is 11.1. The lowest BCUT2D eigenvalue weighted by molar-refractivity contribution is -0.385. The van der Waals surface area contributed by atoms with Gasteiger partial charge in [-0.3, -0.25) is 29.4 Å². The molecule has 0 bridgehead atoms. The number of anilines is 3. The molecule has 2 N–H and O–H groups in total. The van der Waals surface area contributed by atoms with E-state index in [1.807, 2.05) is 73.7 Å². The standard InChI is InChI=1S/C40H42N4O8Si/c1-26-38(53(2,3)51)36(21-37(47)41-23-29-12-8-7-11-28(29)19-33(41)24-45)52-40(26)34-20-32(44(49)50)16-17-35(34)42(39(40)48)22-27-10-9-15-31(18-27)43(25-46)30-13-5-4-6-14-30/h4-18,20,25-26,33,36,38,45,51H,19,21-24H2,1-3H3/t26-,33+,36+,38-,40+/m1/s1. The van der Waals surface area contributed by atoms with Gasteiger partial charge in [0.25, 0.3) is 11.6 Å². The molecule has 12 nitrogen and oxygen atoms in total. The number of carbonyl (C=O) groups is 3. The Labute approximate surface area is 308 Å². The molecule has 274 valence electrons. The predicted molar refractivity (Wildman–Crippen MR) is 201 cm³/mol. The Morgan fingerprint density at radius 3 is 2.40 bits per heavy atom. The van der Waals surface area contributed by atoms with Crippen LogP contribution in [-0.4, -0.2) is 65.0 Å². The Hall–Kier alpha value is -5.21. The lowest BCUT2D eigenvalue weighted by Gasteiger charge is -2.37. The van der Waals surface area contributed by atoms with Gasteiger partial charge in [0.1, 0.15) is 0 Å².